The van der Waals surface area contributed by atoms with E-state index in [1.165, 1.54) is 19.1 Å². The van der Waals surface area contributed by atoms with Gasteiger partial charge in [0.1, 0.15) is 11.5 Å². The van der Waals surface area contributed by atoms with Crippen LogP contribution in [0.15, 0.2) is 18.2 Å². The summed E-state index contributed by atoms with van der Waals surface area (Å²) in [6.45, 7) is 6.91. The Morgan fingerprint density at radius 2 is 1.65 bits per heavy atom. The van der Waals surface area contributed by atoms with Gasteiger partial charge in [-0.2, -0.15) is 0 Å². The van der Waals surface area contributed by atoms with Gasteiger partial charge in [-0.1, -0.05) is 6.07 Å². The van der Waals surface area contributed by atoms with E-state index in [0.717, 1.165) is 0 Å². The first-order valence-electron chi connectivity index (χ1n) is 8.25. The Kier molecular flexibility index (Phi) is 5.92. The van der Waals surface area contributed by atoms with Gasteiger partial charge in [-0.25, -0.2) is 4.39 Å². The third-order valence-corrected chi connectivity index (χ3v) is 4.15. The van der Waals surface area contributed by atoms with Crippen LogP contribution < -0.4 is 10.6 Å². The SMILES string of the molecule is CC(=O)c1c(C)[nH]c(C(=O)NCCNC(=O)c2ccc(C)c(F)c2)c1C. The number of benzene rings is 1. The fraction of sp³-hybridized carbons (Fsp3) is 0.316. The molecule has 0 radical (unpaired) electrons. The number of carbonyl (C=O) groups is 3. The standard InChI is InChI=1S/C19H22FN3O3/c1-10-5-6-14(9-15(10)20)18(25)21-7-8-22-19(26)17-11(2)16(13(4)24)12(3)23-17/h5-6,9,23H,7-8H2,1-4H3,(H,21,25)(H,22,26). The number of H-pyrrole nitrogens is 1. The molecule has 0 bridgehead atoms. The number of hydrogen-bond acceptors (Lipinski definition) is 3. The van der Waals surface area contributed by atoms with Crippen molar-refractivity contribution < 1.29 is 18.8 Å². The Morgan fingerprint density at radius 3 is 2.19 bits per heavy atom. The van der Waals surface area contributed by atoms with Gasteiger partial charge in [-0.15, -0.1) is 0 Å². The lowest BCUT2D eigenvalue weighted by molar-refractivity contribution is 0.0924. The van der Waals surface area contributed by atoms with Crippen molar-refractivity contribution in [3.8, 4) is 0 Å². The third-order valence-electron chi connectivity index (χ3n) is 4.15. The van der Waals surface area contributed by atoms with Crippen LogP contribution in [-0.2, 0) is 0 Å². The van der Waals surface area contributed by atoms with Crippen LogP contribution >= 0.6 is 0 Å². The summed E-state index contributed by atoms with van der Waals surface area (Å²) in [5.41, 5.74) is 2.79. The summed E-state index contributed by atoms with van der Waals surface area (Å²) in [7, 11) is 0. The highest BCUT2D eigenvalue weighted by molar-refractivity contribution is 6.02. The summed E-state index contributed by atoms with van der Waals surface area (Å²) in [6.07, 6.45) is 0. The Morgan fingerprint density at radius 1 is 1.04 bits per heavy atom. The monoisotopic (exact) mass is 359 g/mol. The summed E-state index contributed by atoms with van der Waals surface area (Å²) in [5, 5.41) is 5.29. The van der Waals surface area contributed by atoms with E-state index in [9.17, 15) is 18.8 Å². The third kappa shape index (κ3) is 4.17. The first kappa shape index (κ1) is 19.4. The van der Waals surface area contributed by atoms with Crippen molar-refractivity contribution in [2.24, 2.45) is 0 Å². The number of rotatable bonds is 6. The molecule has 2 rings (SSSR count). The van der Waals surface area contributed by atoms with Crippen molar-refractivity contribution in [3.05, 3.63) is 57.7 Å². The zero-order chi connectivity index (χ0) is 19.4. The minimum absolute atomic E-state index is 0.104. The lowest BCUT2D eigenvalue weighted by atomic mass is 10.1. The fourth-order valence-electron chi connectivity index (χ4n) is 2.78. The number of aromatic nitrogens is 1. The molecule has 2 amide bonds. The fourth-order valence-corrected chi connectivity index (χ4v) is 2.78. The van der Waals surface area contributed by atoms with Crippen molar-refractivity contribution >= 4 is 17.6 Å². The molecule has 1 heterocycles. The number of carbonyl (C=O) groups excluding carboxylic acids is 3. The quantitative estimate of drug-likeness (QED) is 0.546. The largest absolute Gasteiger partial charge is 0.354 e. The van der Waals surface area contributed by atoms with Gasteiger partial charge in [0.25, 0.3) is 11.8 Å². The Balaban J connectivity index is 1.89. The maximum absolute atomic E-state index is 13.5. The van der Waals surface area contributed by atoms with Crippen molar-refractivity contribution in [1.29, 1.82) is 0 Å². The van der Waals surface area contributed by atoms with Crippen LogP contribution in [0.5, 0.6) is 0 Å². The first-order chi connectivity index (χ1) is 12.2. The molecule has 7 heteroatoms. The Bertz CT molecular complexity index is 871. The minimum atomic E-state index is -0.440. The number of aromatic amines is 1. The predicted octanol–water partition coefficient (Wildman–Crippen LogP) is 2.44. The van der Waals surface area contributed by atoms with E-state index in [1.54, 1.807) is 26.8 Å². The molecule has 0 spiro atoms. The number of halogens is 1. The van der Waals surface area contributed by atoms with Crippen LogP contribution in [0.1, 0.15) is 54.9 Å². The number of hydrogen-bond donors (Lipinski definition) is 3. The molecule has 6 nitrogen and oxygen atoms in total. The lowest BCUT2D eigenvalue weighted by Crippen LogP contribution is -2.35. The summed E-state index contributed by atoms with van der Waals surface area (Å²) in [4.78, 5) is 38.7. The van der Waals surface area contributed by atoms with Gasteiger partial charge in [-0.3, -0.25) is 14.4 Å². The number of aryl methyl sites for hydroxylation is 2. The molecule has 0 aliphatic heterocycles. The maximum atomic E-state index is 13.5. The molecule has 0 atom stereocenters. The Hall–Kier alpha value is -2.96. The van der Waals surface area contributed by atoms with Crippen molar-refractivity contribution in [2.75, 3.05) is 13.1 Å². The van der Waals surface area contributed by atoms with Crippen molar-refractivity contribution in [3.63, 3.8) is 0 Å². The van der Waals surface area contributed by atoms with Crippen LogP contribution in [-0.4, -0.2) is 35.7 Å². The number of amides is 2. The molecule has 26 heavy (non-hydrogen) atoms. The van der Waals surface area contributed by atoms with Crippen LogP contribution in [0, 0.1) is 26.6 Å². The van der Waals surface area contributed by atoms with E-state index in [1.807, 2.05) is 0 Å². The average molecular weight is 359 g/mol. The summed E-state index contributed by atoms with van der Waals surface area (Å²) in [6, 6.07) is 4.26. The highest BCUT2D eigenvalue weighted by Gasteiger charge is 2.19. The van der Waals surface area contributed by atoms with E-state index in [4.69, 9.17) is 0 Å². The number of nitrogens with one attached hydrogen (secondary N) is 3. The molecular formula is C19H22FN3O3. The highest BCUT2D eigenvalue weighted by atomic mass is 19.1. The van der Waals surface area contributed by atoms with Gasteiger partial charge >= 0.3 is 0 Å². The minimum Gasteiger partial charge on any atom is -0.354 e. The van der Waals surface area contributed by atoms with Gasteiger partial charge in [0.2, 0.25) is 0 Å². The number of ketones is 1. The second-order valence-electron chi connectivity index (χ2n) is 6.16. The van der Waals surface area contributed by atoms with E-state index < -0.39 is 11.7 Å². The second kappa shape index (κ2) is 7.95. The highest BCUT2D eigenvalue weighted by Crippen LogP contribution is 2.18. The number of Topliss-reactive ketones (excluding diaryl/α,β-unsaturated/α-hetero) is 1. The molecule has 3 N–H and O–H groups in total. The molecule has 138 valence electrons. The summed E-state index contributed by atoms with van der Waals surface area (Å²) in [5.74, 6) is -1.31. The molecule has 0 unspecified atom stereocenters. The predicted molar refractivity (Wildman–Crippen MR) is 96.1 cm³/mol. The molecule has 0 aliphatic carbocycles. The first-order valence-corrected chi connectivity index (χ1v) is 8.25. The molecule has 0 saturated carbocycles. The molecular weight excluding hydrogens is 337 g/mol. The average Bonchev–Trinajstić information content (AvgIpc) is 2.88. The van der Waals surface area contributed by atoms with Crippen molar-refractivity contribution in [1.82, 2.24) is 15.6 Å². The van der Waals surface area contributed by atoms with Gasteiger partial charge in [0.05, 0.1) is 0 Å². The Labute approximate surface area is 151 Å². The second-order valence-corrected chi connectivity index (χ2v) is 6.16. The van der Waals surface area contributed by atoms with Crippen LogP contribution in [0.25, 0.3) is 0 Å². The molecule has 0 aliphatic rings. The van der Waals surface area contributed by atoms with Crippen LogP contribution in [0.3, 0.4) is 0 Å². The molecule has 2 aromatic rings. The zero-order valence-corrected chi connectivity index (χ0v) is 15.2. The van der Waals surface area contributed by atoms with E-state index in [2.05, 4.69) is 15.6 Å². The molecule has 1 aromatic carbocycles. The van der Waals surface area contributed by atoms with Crippen LogP contribution in [0.4, 0.5) is 4.39 Å². The van der Waals surface area contributed by atoms with Gasteiger partial charge in [0, 0.05) is 29.9 Å². The lowest BCUT2D eigenvalue weighted by Gasteiger charge is -2.08. The summed E-state index contributed by atoms with van der Waals surface area (Å²) < 4.78 is 13.5. The van der Waals surface area contributed by atoms with Crippen LogP contribution in [0.2, 0.25) is 0 Å². The smallest absolute Gasteiger partial charge is 0.268 e. The molecule has 0 saturated heterocycles. The van der Waals surface area contributed by atoms with E-state index >= 15 is 0 Å². The summed E-state index contributed by atoms with van der Waals surface area (Å²) >= 11 is 0. The maximum Gasteiger partial charge on any atom is 0.268 e. The van der Waals surface area contributed by atoms with Crippen molar-refractivity contribution in [2.45, 2.75) is 27.7 Å². The van der Waals surface area contributed by atoms with E-state index in [-0.39, 0.29) is 30.3 Å². The normalized spacial score (nSPS) is 10.5. The van der Waals surface area contributed by atoms with Gasteiger partial charge < -0.3 is 15.6 Å². The molecule has 1 aromatic heterocycles. The van der Waals surface area contributed by atoms with E-state index in [0.29, 0.717) is 28.1 Å². The zero-order valence-electron chi connectivity index (χ0n) is 15.2. The molecule has 0 fully saturated rings. The topological polar surface area (TPSA) is 91.1 Å². The van der Waals surface area contributed by atoms with Gasteiger partial charge in [-0.05, 0) is 51.0 Å². The van der Waals surface area contributed by atoms with Gasteiger partial charge in [0.15, 0.2) is 5.78 Å².